The Balaban J connectivity index is 0.00000136. The number of benzene rings is 2. The molecule has 0 saturated carbocycles. The third-order valence-electron chi connectivity index (χ3n) is 6.36. The monoisotopic (exact) mass is 463 g/mol. The van der Waals surface area contributed by atoms with Gasteiger partial charge in [0, 0.05) is 12.5 Å². The molecule has 0 radical (unpaired) electrons. The highest BCUT2D eigenvalue weighted by Crippen LogP contribution is 2.28. The van der Waals surface area contributed by atoms with Crippen molar-refractivity contribution < 1.29 is 9.84 Å². The summed E-state index contributed by atoms with van der Waals surface area (Å²) in [4.78, 5) is 10.6. The molecular formula is C24H31Cl2N3O2. The Labute approximate surface area is 196 Å². The van der Waals surface area contributed by atoms with Crippen molar-refractivity contribution >= 4 is 35.8 Å². The van der Waals surface area contributed by atoms with Crippen LogP contribution in [0.2, 0.25) is 0 Å². The lowest BCUT2D eigenvalue weighted by Gasteiger charge is -2.32. The molecule has 3 aromatic rings. The Kier molecular flexibility index (Phi) is 8.23. The van der Waals surface area contributed by atoms with Crippen molar-refractivity contribution in [2.45, 2.75) is 44.1 Å². The number of nitrogens with one attached hydrogen (secondary N) is 1. The minimum atomic E-state index is -0.467. The van der Waals surface area contributed by atoms with E-state index in [9.17, 15) is 5.11 Å². The molecule has 5 rings (SSSR count). The average molecular weight is 464 g/mol. The fraction of sp³-hybridized carbons (Fsp3) is 0.458. The van der Waals surface area contributed by atoms with Gasteiger partial charge in [-0.15, -0.1) is 24.8 Å². The summed E-state index contributed by atoms with van der Waals surface area (Å²) >= 11 is 0. The lowest BCUT2D eigenvalue weighted by molar-refractivity contribution is 0.0591. The molecule has 5 nitrogen and oxygen atoms in total. The maximum absolute atomic E-state index is 10.4. The Morgan fingerprint density at radius 2 is 1.84 bits per heavy atom. The van der Waals surface area contributed by atoms with E-state index in [0.29, 0.717) is 19.1 Å². The zero-order chi connectivity index (χ0) is 19.6. The number of hydrogen-bond donors (Lipinski definition) is 2. The molecule has 1 fully saturated rings. The summed E-state index contributed by atoms with van der Waals surface area (Å²) in [6.07, 6.45) is 5.24. The van der Waals surface area contributed by atoms with E-state index in [-0.39, 0.29) is 24.8 Å². The number of imidazole rings is 1. The fourth-order valence-corrected chi connectivity index (χ4v) is 4.74. The molecular weight excluding hydrogens is 433 g/mol. The number of aliphatic hydroxyl groups is 1. The molecule has 1 atom stereocenters. The molecule has 31 heavy (non-hydrogen) atoms. The lowest BCUT2D eigenvalue weighted by Crippen LogP contribution is -2.40. The molecule has 1 aliphatic heterocycles. The first-order chi connectivity index (χ1) is 14.2. The van der Waals surface area contributed by atoms with Crippen molar-refractivity contribution in [1.82, 2.24) is 14.9 Å². The number of aryl methyl sites for hydroxylation is 2. The summed E-state index contributed by atoms with van der Waals surface area (Å²) in [5.41, 5.74) is 5.02. The highest BCUT2D eigenvalue weighted by molar-refractivity contribution is 5.85. The number of likely N-dealkylation sites (tertiary alicyclic amines) is 1. The highest BCUT2D eigenvalue weighted by atomic mass is 35.5. The summed E-state index contributed by atoms with van der Waals surface area (Å²) in [7, 11) is 0. The second-order valence-corrected chi connectivity index (χ2v) is 8.46. The summed E-state index contributed by atoms with van der Waals surface area (Å²) in [6.45, 7) is 2.98. The molecule has 2 aromatic carbocycles. The molecule has 0 bridgehead atoms. The van der Waals surface area contributed by atoms with E-state index in [2.05, 4.69) is 34.1 Å². The number of fused-ring (bicyclic) bond motifs is 2. The Hall–Kier alpha value is -1.79. The number of H-pyrrole nitrogens is 1. The molecule has 1 saturated heterocycles. The van der Waals surface area contributed by atoms with Crippen molar-refractivity contribution in [2.24, 2.45) is 0 Å². The average Bonchev–Trinajstić information content (AvgIpc) is 3.39. The molecule has 1 unspecified atom stereocenters. The van der Waals surface area contributed by atoms with Gasteiger partial charge in [0.25, 0.3) is 0 Å². The van der Waals surface area contributed by atoms with Crippen LogP contribution in [0.4, 0.5) is 0 Å². The summed E-state index contributed by atoms with van der Waals surface area (Å²) < 4.78 is 5.87. The van der Waals surface area contributed by atoms with E-state index in [4.69, 9.17) is 9.72 Å². The largest absolute Gasteiger partial charge is 0.491 e. The topological polar surface area (TPSA) is 61.4 Å². The van der Waals surface area contributed by atoms with Crippen LogP contribution in [-0.4, -0.2) is 52.3 Å². The first kappa shape index (κ1) is 23.9. The third kappa shape index (κ3) is 5.53. The van der Waals surface area contributed by atoms with Gasteiger partial charge >= 0.3 is 0 Å². The van der Waals surface area contributed by atoms with Gasteiger partial charge in [-0.1, -0.05) is 18.2 Å². The minimum absolute atomic E-state index is 0. The number of aromatic amines is 1. The van der Waals surface area contributed by atoms with E-state index in [1.165, 1.54) is 24.0 Å². The Morgan fingerprint density at radius 3 is 2.65 bits per heavy atom. The van der Waals surface area contributed by atoms with Crippen molar-refractivity contribution in [1.29, 1.82) is 0 Å². The van der Waals surface area contributed by atoms with Crippen LogP contribution in [-0.2, 0) is 12.8 Å². The molecule has 0 spiro atoms. The standard InChI is InChI=1S/C24H29N3O2.2ClH/c28-20(16-29-21-9-8-17-4-3-5-19(17)14-21)15-27-12-10-18(11-13-27)24-25-22-6-1-2-7-23(22)26-24;;/h1-2,6-9,14,18,20,28H,3-5,10-13,15-16H2,(H,25,26);2*1H. The van der Waals surface area contributed by atoms with Crippen LogP contribution in [0.5, 0.6) is 5.75 Å². The molecule has 1 aromatic heterocycles. The number of piperidine rings is 1. The van der Waals surface area contributed by atoms with E-state index in [1.54, 1.807) is 0 Å². The van der Waals surface area contributed by atoms with Crippen LogP contribution in [0, 0.1) is 0 Å². The van der Waals surface area contributed by atoms with Crippen molar-refractivity contribution in [2.75, 3.05) is 26.2 Å². The molecule has 1 aliphatic carbocycles. The molecule has 168 valence electrons. The zero-order valence-electron chi connectivity index (χ0n) is 17.6. The molecule has 2 N–H and O–H groups in total. The molecule has 2 aliphatic rings. The lowest BCUT2D eigenvalue weighted by atomic mass is 9.96. The number of aromatic nitrogens is 2. The van der Waals surface area contributed by atoms with Crippen LogP contribution < -0.4 is 4.74 Å². The van der Waals surface area contributed by atoms with Gasteiger partial charge in [0.15, 0.2) is 0 Å². The smallest absolute Gasteiger partial charge is 0.119 e. The Bertz CT molecular complexity index is 953. The zero-order valence-corrected chi connectivity index (χ0v) is 19.3. The van der Waals surface area contributed by atoms with Gasteiger partial charge in [-0.25, -0.2) is 4.98 Å². The maximum Gasteiger partial charge on any atom is 0.119 e. The summed E-state index contributed by atoms with van der Waals surface area (Å²) in [5, 5.41) is 10.4. The van der Waals surface area contributed by atoms with Crippen LogP contribution >= 0.6 is 24.8 Å². The number of β-amino-alcohol motifs (C(OH)–C–C–N with tert-alkyl or cyclic N) is 1. The third-order valence-corrected chi connectivity index (χ3v) is 6.36. The second-order valence-electron chi connectivity index (χ2n) is 8.46. The number of hydrogen-bond acceptors (Lipinski definition) is 4. The van der Waals surface area contributed by atoms with Gasteiger partial charge in [-0.3, -0.25) is 0 Å². The van der Waals surface area contributed by atoms with Crippen molar-refractivity contribution in [3.8, 4) is 5.75 Å². The van der Waals surface area contributed by atoms with Crippen LogP contribution in [0.3, 0.4) is 0 Å². The number of nitrogens with zero attached hydrogens (tertiary/aromatic N) is 2. The van der Waals surface area contributed by atoms with E-state index >= 15 is 0 Å². The number of halogens is 2. The predicted octanol–water partition coefficient (Wildman–Crippen LogP) is 4.51. The van der Waals surface area contributed by atoms with Gasteiger partial charge in [0.05, 0.1) is 11.0 Å². The van der Waals surface area contributed by atoms with Crippen molar-refractivity contribution in [3.63, 3.8) is 0 Å². The van der Waals surface area contributed by atoms with E-state index in [0.717, 1.165) is 55.0 Å². The van der Waals surface area contributed by atoms with Crippen LogP contribution in [0.25, 0.3) is 11.0 Å². The van der Waals surface area contributed by atoms with Crippen LogP contribution in [0.1, 0.15) is 42.1 Å². The number of ether oxygens (including phenoxy) is 1. The normalized spacial score (nSPS) is 17.6. The van der Waals surface area contributed by atoms with Gasteiger partial charge in [0.2, 0.25) is 0 Å². The SMILES string of the molecule is Cl.Cl.OC(COc1ccc2c(c1)CCC2)CN1CCC(c2nc3ccccc3[nH]2)CC1. The van der Waals surface area contributed by atoms with Gasteiger partial charge in [0.1, 0.15) is 24.3 Å². The Morgan fingerprint density at radius 1 is 1.06 bits per heavy atom. The molecule has 2 heterocycles. The predicted molar refractivity (Wildman–Crippen MR) is 129 cm³/mol. The van der Waals surface area contributed by atoms with Gasteiger partial charge < -0.3 is 19.7 Å². The van der Waals surface area contributed by atoms with E-state index in [1.807, 2.05) is 18.2 Å². The van der Waals surface area contributed by atoms with Gasteiger partial charge in [-0.2, -0.15) is 0 Å². The number of para-hydroxylation sites is 2. The number of aliphatic hydroxyl groups excluding tert-OH is 1. The summed E-state index contributed by atoms with van der Waals surface area (Å²) in [6, 6.07) is 14.6. The molecule has 0 amide bonds. The quantitative estimate of drug-likeness (QED) is 0.564. The number of rotatable bonds is 6. The second kappa shape index (κ2) is 10.7. The highest BCUT2D eigenvalue weighted by Gasteiger charge is 2.24. The van der Waals surface area contributed by atoms with E-state index < -0.39 is 6.10 Å². The summed E-state index contributed by atoms with van der Waals surface area (Å²) in [5.74, 6) is 2.46. The van der Waals surface area contributed by atoms with Gasteiger partial charge in [-0.05, 0) is 80.6 Å². The first-order valence-electron chi connectivity index (χ1n) is 10.8. The van der Waals surface area contributed by atoms with Crippen LogP contribution in [0.15, 0.2) is 42.5 Å². The maximum atomic E-state index is 10.4. The van der Waals surface area contributed by atoms with Crippen molar-refractivity contribution in [3.05, 3.63) is 59.4 Å². The molecule has 7 heteroatoms. The minimum Gasteiger partial charge on any atom is -0.491 e. The first-order valence-corrected chi connectivity index (χ1v) is 10.8. The fourth-order valence-electron chi connectivity index (χ4n) is 4.74.